The smallest absolute Gasteiger partial charge is 0.259 e. The Balaban J connectivity index is 1.90. The summed E-state index contributed by atoms with van der Waals surface area (Å²) >= 11 is 0. The molecule has 0 atom stereocenters. The first-order valence-electron chi connectivity index (χ1n) is 8.68. The van der Waals surface area contributed by atoms with Crippen LogP contribution in [0.5, 0.6) is 0 Å². The molecule has 2 aromatic rings. The molecule has 3 rings (SSSR count). The molecule has 6 nitrogen and oxygen atoms in total. The maximum Gasteiger partial charge on any atom is 0.259 e. The van der Waals surface area contributed by atoms with Crippen LogP contribution in [0.2, 0.25) is 0 Å². The molecule has 138 valence electrons. The Hall–Kier alpha value is -2.41. The maximum atomic E-state index is 12.9. The van der Waals surface area contributed by atoms with Crippen molar-refractivity contribution < 1.29 is 13.2 Å². The van der Waals surface area contributed by atoms with E-state index in [-0.39, 0.29) is 10.8 Å². The summed E-state index contributed by atoms with van der Waals surface area (Å²) in [5, 5.41) is 2.85. The predicted octanol–water partition coefficient (Wildman–Crippen LogP) is 3.04. The fraction of sp³-hybridized carbons (Fsp3) is 0.368. The number of carbonyl (C=O) groups excluding carboxylic acids is 1. The minimum Gasteiger partial charge on any atom is -0.356 e. The third-order valence-corrected chi connectivity index (χ3v) is 5.68. The van der Waals surface area contributed by atoms with Crippen LogP contribution in [0.4, 0.5) is 11.5 Å². The fourth-order valence-electron chi connectivity index (χ4n) is 3.09. The van der Waals surface area contributed by atoms with Crippen molar-refractivity contribution in [3.63, 3.8) is 0 Å². The molecule has 1 N–H and O–H groups in total. The normalized spacial score (nSPS) is 14.9. The molecular weight excluding hydrogens is 350 g/mol. The number of aromatic nitrogens is 1. The summed E-state index contributed by atoms with van der Waals surface area (Å²) in [7, 11) is -3.34. The first-order chi connectivity index (χ1) is 12.4. The van der Waals surface area contributed by atoms with E-state index in [0.29, 0.717) is 17.1 Å². The number of amides is 1. The molecule has 1 fully saturated rings. The Morgan fingerprint density at radius 3 is 2.58 bits per heavy atom. The molecule has 0 saturated carbocycles. The van der Waals surface area contributed by atoms with Crippen molar-refractivity contribution in [2.75, 3.05) is 29.6 Å². The van der Waals surface area contributed by atoms with Gasteiger partial charge in [-0.3, -0.25) is 4.79 Å². The van der Waals surface area contributed by atoms with Gasteiger partial charge >= 0.3 is 0 Å². The highest BCUT2D eigenvalue weighted by Crippen LogP contribution is 2.25. The molecule has 1 aliphatic heterocycles. The van der Waals surface area contributed by atoms with Crippen molar-refractivity contribution in [3.8, 4) is 0 Å². The van der Waals surface area contributed by atoms with E-state index in [0.717, 1.165) is 37.8 Å². The maximum absolute atomic E-state index is 12.9. The Kier molecular flexibility index (Phi) is 5.27. The molecule has 0 bridgehead atoms. The van der Waals surface area contributed by atoms with Crippen LogP contribution in [0.3, 0.4) is 0 Å². The van der Waals surface area contributed by atoms with Crippen LogP contribution in [0, 0.1) is 6.92 Å². The van der Waals surface area contributed by atoms with Gasteiger partial charge in [-0.05, 0) is 56.0 Å². The number of pyridine rings is 1. The molecule has 0 unspecified atom stereocenters. The first-order valence-corrected chi connectivity index (χ1v) is 10.6. The largest absolute Gasteiger partial charge is 0.356 e. The zero-order valence-corrected chi connectivity index (χ0v) is 15.8. The number of hydrogen-bond donors (Lipinski definition) is 1. The average molecular weight is 373 g/mol. The lowest BCUT2D eigenvalue weighted by Crippen LogP contribution is -2.32. The molecule has 0 radical (unpaired) electrons. The second-order valence-electron chi connectivity index (χ2n) is 6.63. The van der Waals surface area contributed by atoms with Gasteiger partial charge in [0.15, 0.2) is 9.84 Å². The summed E-state index contributed by atoms with van der Waals surface area (Å²) in [5.41, 5.74) is 1.79. The van der Waals surface area contributed by atoms with Crippen molar-refractivity contribution in [1.82, 2.24) is 4.98 Å². The van der Waals surface area contributed by atoms with Gasteiger partial charge in [0.05, 0.1) is 10.5 Å². The molecule has 1 aromatic carbocycles. The van der Waals surface area contributed by atoms with Gasteiger partial charge in [-0.1, -0.05) is 6.07 Å². The molecule has 1 saturated heterocycles. The van der Waals surface area contributed by atoms with Gasteiger partial charge in [-0.15, -0.1) is 0 Å². The summed E-state index contributed by atoms with van der Waals surface area (Å²) in [5.74, 6) is 0.397. The van der Waals surface area contributed by atoms with Crippen LogP contribution in [-0.4, -0.2) is 38.7 Å². The highest BCUT2D eigenvalue weighted by Gasteiger charge is 2.20. The van der Waals surface area contributed by atoms with Crippen LogP contribution < -0.4 is 10.2 Å². The van der Waals surface area contributed by atoms with Crippen molar-refractivity contribution in [2.24, 2.45) is 0 Å². The van der Waals surface area contributed by atoms with E-state index < -0.39 is 9.84 Å². The van der Waals surface area contributed by atoms with Gasteiger partial charge in [0.25, 0.3) is 5.91 Å². The minimum absolute atomic E-state index is 0.181. The van der Waals surface area contributed by atoms with Crippen LogP contribution in [0.1, 0.15) is 35.2 Å². The number of nitrogens with one attached hydrogen (secondary N) is 1. The van der Waals surface area contributed by atoms with Crippen LogP contribution in [0.25, 0.3) is 0 Å². The molecule has 0 aliphatic carbocycles. The second-order valence-corrected chi connectivity index (χ2v) is 8.64. The summed E-state index contributed by atoms with van der Waals surface area (Å²) in [6.45, 7) is 3.61. The summed E-state index contributed by atoms with van der Waals surface area (Å²) in [4.78, 5) is 19.6. The SMILES string of the molecule is Cc1ccc(S(C)(=O)=O)cc1NC(=O)c1cccnc1N1CCCCC1. The van der Waals surface area contributed by atoms with E-state index in [1.165, 1.54) is 12.5 Å². The van der Waals surface area contributed by atoms with Gasteiger partial charge < -0.3 is 10.2 Å². The molecule has 2 heterocycles. The highest BCUT2D eigenvalue weighted by molar-refractivity contribution is 7.90. The van der Waals surface area contributed by atoms with E-state index in [4.69, 9.17) is 0 Å². The number of benzene rings is 1. The standard InChI is InChI=1S/C19H23N3O3S/c1-14-8-9-15(26(2,24)25)13-17(14)21-19(23)16-7-6-10-20-18(16)22-11-4-3-5-12-22/h6-10,13H,3-5,11-12H2,1-2H3,(H,21,23). The molecule has 0 spiro atoms. The number of aryl methyl sites for hydroxylation is 1. The molecule has 1 amide bonds. The van der Waals surface area contributed by atoms with Crippen molar-refractivity contribution in [3.05, 3.63) is 47.7 Å². The highest BCUT2D eigenvalue weighted by atomic mass is 32.2. The van der Waals surface area contributed by atoms with E-state index >= 15 is 0 Å². The fourth-order valence-corrected chi connectivity index (χ4v) is 3.74. The number of nitrogens with zero attached hydrogens (tertiary/aromatic N) is 2. The molecule has 1 aromatic heterocycles. The third kappa shape index (κ3) is 4.04. The van der Waals surface area contributed by atoms with E-state index in [1.54, 1.807) is 30.5 Å². The topological polar surface area (TPSA) is 79.4 Å². The molecule has 26 heavy (non-hydrogen) atoms. The Labute approximate surface area is 154 Å². The monoisotopic (exact) mass is 373 g/mol. The number of hydrogen-bond acceptors (Lipinski definition) is 5. The third-order valence-electron chi connectivity index (χ3n) is 4.57. The lowest BCUT2D eigenvalue weighted by atomic mass is 10.1. The van der Waals surface area contributed by atoms with Crippen LogP contribution in [-0.2, 0) is 9.84 Å². The summed E-state index contributed by atoms with van der Waals surface area (Å²) < 4.78 is 23.6. The number of piperidine rings is 1. The summed E-state index contributed by atoms with van der Waals surface area (Å²) in [6.07, 6.45) is 6.22. The number of sulfone groups is 1. The van der Waals surface area contributed by atoms with Crippen molar-refractivity contribution in [1.29, 1.82) is 0 Å². The van der Waals surface area contributed by atoms with E-state index in [2.05, 4.69) is 15.2 Å². The van der Waals surface area contributed by atoms with Crippen LogP contribution in [0.15, 0.2) is 41.4 Å². The number of anilines is 2. The van der Waals surface area contributed by atoms with Gasteiger partial charge in [-0.2, -0.15) is 0 Å². The second kappa shape index (κ2) is 7.45. The molecule has 7 heteroatoms. The Bertz CT molecular complexity index is 919. The quantitative estimate of drug-likeness (QED) is 0.891. The average Bonchev–Trinajstić information content (AvgIpc) is 2.63. The summed E-state index contributed by atoms with van der Waals surface area (Å²) in [6, 6.07) is 8.23. The molecule has 1 aliphatic rings. The lowest BCUT2D eigenvalue weighted by molar-refractivity contribution is 0.102. The zero-order chi connectivity index (χ0) is 18.7. The predicted molar refractivity (Wildman–Crippen MR) is 103 cm³/mol. The number of carbonyl (C=O) groups is 1. The van der Waals surface area contributed by atoms with Crippen molar-refractivity contribution in [2.45, 2.75) is 31.1 Å². The van der Waals surface area contributed by atoms with Gasteiger partial charge in [-0.25, -0.2) is 13.4 Å². The Morgan fingerprint density at radius 1 is 1.15 bits per heavy atom. The van der Waals surface area contributed by atoms with Crippen LogP contribution >= 0.6 is 0 Å². The minimum atomic E-state index is -3.34. The van der Waals surface area contributed by atoms with E-state index in [1.807, 2.05) is 6.92 Å². The van der Waals surface area contributed by atoms with Gasteiger partial charge in [0, 0.05) is 31.2 Å². The lowest BCUT2D eigenvalue weighted by Gasteiger charge is -2.29. The molecular formula is C19H23N3O3S. The first kappa shape index (κ1) is 18.4. The number of rotatable bonds is 4. The zero-order valence-electron chi connectivity index (χ0n) is 15.0. The Morgan fingerprint density at radius 2 is 1.88 bits per heavy atom. The van der Waals surface area contributed by atoms with E-state index in [9.17, 15) is 13.2 Å². The van der Waals surface area contributed by atoms with Gasteiger partial charge in [0.2, 0.25) is 0 Å². The van der Waals surface area contributed by atoms with Crippen molar-refractivity contribution >= 4 is 27.2 Å². The van der Waals surface area contributed by atoms with Gasteiger partial charge in [0.1, 0.15) is 5.82 Å².